The van der Waals surface area contributed by atoms with E-state index in [2.05, 4.69) is 38.4 Å². The van der Waals surface area contributed by atoms with Crippen LogP contribution in [0.1, 0.15) is 103 Å². The molecule has 0 saturated carbocycles. The molecule has 0 saturated heterocycles. The minimum absolute atomic E-state index is 0.0483. The summed E-state index contributed by atoms with van der Waals surface area (Å²) in [4.78, 5) is 25.5. The van der Waals surface area contributed by atoms with Gasteiger partial charge in [-0.25, -0.2) is 0 Å². The molecule has 0 aliphatic carbocycles. The molecule has 0 aromatic heterocycles. The highest BCUT2D eigenvalue weighted by Gasteiger charge is 2.46. The van der Waals surface area contributed by atoms with Gasteiger partial charge >= 0.3 is 11.9 Å². The molecule has 5 atom stereocenters. The molecule has 4 aromatic rings. The maximum Gasteiger partial charge on any atom is 0.309 e. The predicted octanol–water partition coefficient (Wildman–Crippen LogP) is 9.32. The molecular formula is C56H78N2O14+2. The second-order valence-electron chi connectivity index (χ2n) is 19.6. The van der Waals surface area contributed by atoms with Gasteiger partial charge in [-0.1, -0.05) is 12.8 Å². The van der Waals surface area contributed by atoms with Crippen LogP contribution >= 0.6 is 0 Å². The molecule has 16 heteroatoms. The summed E-state index contributed by atoms with van der Waals surface area (Å²) in [5, 5.41) is 20.9. The van der Waals surface area contributed by atoms with E-state index in [9.17, 15) is 19.8 Å². The van der Waals surface area contributed by atoms with E-state index in [-0.39, 0.29) is 18.5 Å². The standard InChI is InChI=1S/C56H76N2O14/c1-57(26-19-36-28-42(63-3)44(65-5)34-40(36)51(57)38-30-46(67-7)53(71-11)47(31-38)68-8)24-16-22-56(55(61)62,21-15-13-14-18-50(59)60)23-17-25-58(2)27-20-37-29-43(64-4)45(66-6)35-41(37)52(58)39-32-48(69-9)54(72-12)49(33-39)70-10/h28-35,51-52H,13-27H2,1-12H3/p+2/t51-,52-,56?,57-,58+/m1/s1. The number of quaternary nitrogens is 2. The Morgan fingerprint density at radius 3 is 1.14 bits per heavy atom. The molecular weight excluding hydrogens is 925 g/mol. The van der Waals surface area contributed by atoms with Crippen LogP contribution in [-0.2, 0) is 22.4 Å². The van der Waals surface area contributed by atoms with E-state index in [1.54, 1.807) is 71.1 Å². The van der Waals surface area contributed by atoms with Gasteiger partial charge in [-0.2, -0.15) is 0 Å². The topological polar surface area (TPSA) is 167 Å². The molecule has 1 unspecified atom stereocenters. The molecule has 0 radical (unpaired) electrons. The fraction of sp³-hybridized carbons (Fsp3) is 0.536. The Kier molecular flexibility index (Phi) is 18.3. The monoisotopic (exact) mass is 1000 g/mol. The van der Waals surface area contributed by atoms with Crippen LogP contribution in [0.15, 0.2) is 48.5 Å². The SMILES string of the molecule is COc1cc2c(cc1OC)[C@@H](c1cc(OC)c(OC)c(OC)c1)[N@@+](C)(CCCC(CCCCCC(=O)O)(CCC[N@+]1(C)CCc3cc(OC)c(OC)cc3[C@H]1c1cc(OC)c(OC)c(OC)c1)C(=O)O)CC2. The average molecular weight is 1000 g/mol. The average Bonchev–Trinajstić information content (AvgIpc) is 3.38. The van der Waals surface area contributed by atoms with Crippen molar-refractivity contribution >= 4 is 11.9 Å². The van der Waals surface area contributed by atoms with E-state index in [0.29, 0.717) is 131 Å². The number of likely N-dealkylation sites (N-methyl/N-ethyl adjacent to an activating group) is 2. The number of aliphatic carboxylic acids is 2. The second kappa shape index (κ2) is 24.0. The number of nitrogens with zero attached hydrogens (tertiary/aromatic N) is 2. The van der Waals surface area contributed by atoms with Crippen molar-refractivity contribution in [1.29, 1.82) is 0 Å². The lowest BCUT2D eigenvalue weighted by Gasteiger charge is -2.47. The Labute approximate surface area is 425 Å². The lowest BCUT2D eigenvalue weighted by Crippen LogP contribution is -2.53. The summed E-state index contributed by atoms with van der Waals surface area (Å²) in [5.74, 6) is 4.03. The second-order valence-corrected chi connectivity index (χ2v) is 19.6. The Morgan fingerprint density at radius 2 is 0.819 bits per heavy atom. The van der Waals surface area contributed by atoms with Crippen LogP contribution in [0.5, 0.6) is 57.5 Å². The lowest BCUT2D eigenvalue weighted by atomic mass is 9.74. The van der Waals surface area contributed by atoms with E-state index >= 15 is 0 Å². The zero-order chi connectivity index (χ0) is 52.4. The summed E-state index contributed by atoms with van der Waals surface area (Å²) in [7, 11) is 20.7. The van der Waals surface area contributed by atoms with E-state index in [0.717, 1.165) is 59.3 Å². The molecule has 72 heavy (non-hydrogen) atoms. The van der Waals surface area contributed by atoms with Gasteiger partial charge in [0.25, 0.3) is 0 Å². The van der Waals surface area contributed by atoms with Crippen molar-refractivity contribution in [2.45, 2.75) is 82.7 Å². The number of carbonyl (C=O) groups is 2. The Balaban J connectivity index is 1.36. The zero-order valence-corrected chi connectivity index (χ0v) is 44.6. The minimum Gasteiger partial charge on any atom is -0.493 e. The molecule has 394 valence electrons. The number of ether oxygens (including phenoxy) is 10. The molecule has 2 aliphatic rings. The molecule has 0 bridgehead atoms. The molecule has 0 spiro atoms. The first-order valence-corrected chi connectivity index (χ1v) is 24.8. The van der Waals surface area contributed by atoms with Crippen molar-refractivity contribution in [2.75, 3.05) is 111 Å². The molecule has 2 aliphatic heterocycles. The quantitative estimate of drug-likeness (QED) is 0.0429. The molecule has 4 aromatic carbocycles. The van der Waals surface area contributed by atoms with Crippen molar-refractivity contribution in [3.05, 3.63) is 81.9 Å². The first-order valence-electron chi connectivity index (χ1n) is 24.8. The largest absolute Gasteiger partial charge is 0.493 e. The Hall–Kier alpha value is -6.26. The lowest BCUT2D eigenvalue weighted by molar-refractivity contribution is -0.936. The third-order valence-electron chi connectivity index (χ3n) is 15.6. The van der Waals surface area contributed by atoms with Crippen LogP contribution in [0, 0.1) is 5.41 Å². The maximum atomic E-state index is 14.0. The van der Waals surface area contributed by atoms with Gasteiger partial charge in [0.1, 0.15) is 12.1 Å². The van der Waals surface area contributed by atoms with Crippen molar-refractivity contribution in [3.8, 4) is 57.5 Å². The minimum atomic E-state index is -1.07. The number of rotatable bonds is 27. The van der Waals surface area contributed by atoms with Gasteiger partial charge < -0.3 is 66.5 Å². The summed E-state index contributed by atoms with van der Waals surface area (Å²) in [6.45, 7) is 2.88. The van der Waals surface area contributed by atoms with Crippen molar-refractivity contribution < 1.29 is 76.1 Å². The van der Waals surface area contributed by atoms with Crippen molar-refractivity contribution in [2.24, 2.45) is 5.41 Å². The molecule has 2 N–H and O–H groups in total. The van der Waals surface area contributed by atoms with Crippen LogP contribution < -0.4 is 47.4 Å². The normalized spacial score (nSPS) is 19.9. The van der Waals surface area contributed by atoms with Gasteiger partial charge in [0.05, 0.1) is 117 Å². The highest BCUT2D eigenvalue weighted by atomic mass is 16.5. The molecule has 0 amide bonds. The molecule has 6 rings (SSSR count). The Morgan fingerprint density at radius 1 is 0.472 bits per heavy atom. The van der Waals surface area contributed by atoms with Crippen molar-refractivity contribution in [1.82, 2.24) is 0 Å². The van der Waals surface area contributed by atoms with E-state index in [4.69, 9.17) is 47.4 Å². The smallest absolute Gasteiger partial charge is 0.309 e. The third-order valence-corrected chi connectivity index (χ3v) is 15.6. The van der Waals surface area contributed by atoms with Crippen LogP contribution in [0.4, 0.5) is 0 Å². The van der Waals surface area contributed by atoms with Crippen LogP contribution in [0.3, 0.4) is 0 Å². The summed E-state index contributed by atoms with van der Waals surface area (Å²) in [5.41, 5.74) is 5.29. The van der Waals surface area contributed by atoms with Gasteiger partial charge in [-0.3, -0.25) is 9.59 Å². The predicted molar refractivity (Wildman–Crippen MR) is 273 cm³/mol. The third kappa shape index (κ3) is 11.3. The highest BCUT2D eigenvalue weighted by Crippen LogP contribution is 2.51. The van der Waals surface area contributed by atoms with Gasteiger partial charge in [0, 0.05) is 41.5 Å². The van der Waals surface area contributed by atoms with Crippen molar-refractivity contribution in [3.63, 3.8) is 0 Å². The number of carboxylic acids is 2. The van der Waals surface area contributed by atoms with E-state index in [1.807, 2.05) is 24.3 Å². The number of methoxy groups -OCH3 is 10. The number of hydrogen-bond acceptors (Lipinski definition) is 12. The number of benzene rings is 4. The van der Waals surface area contributed by atoms with Gasteiger partial charge in [-0.05, 0) is 98.2 Å². The first-order chi connectivity index (χ1) is 34.6. The van der Waals surface area contributed by atoms with Crippen LogP contribution in [0.25, 0.3) is 0 Å². The molecule has 2 heterocycles. The Bertz CT molecular complexity index is 2330. The van der Waals surface area contributed by atoms with Gasteiger partial charge in [-0.15, -0.1) is 0 Å². The molecule has 0 fully saturated rings. The van der Waals surface area contributed by atoms with Gasteiger partial charge in [0.15, 0.2) is 46.0 Å². The number of fused-ring (bicyclic) bond motifs is 2. The van der Waals surface area contributed by atoms with Gasteiger partial charge in [0.2, 0.25) is 11.5 Å². The summed E-state index contributed by atoms with van der Waals surface area (Å²) in [6.07, 6.45) is 5.86. The maximum absolute atomic E-state index is 14.0. The number of carboxylic acid groups (broad SMARTS) is 2. The van der Waals surface area contributed by atoms with Crippen LogP contribution in [-0.4, -0.2) is 142 Å². The highest BCUT2D eigenvalue weighted by molar-refractivity contribution is 5.74. The van der Waals surface area contributed by atoms with E-state index in [1.165, 1.54) is 0 Å². The molecule has 16 nitrogen and oxygen atoms in total. The number of hydrogen-bond donors (Lipinski definition) is 2. The first kappa shape index (κ1) is 55.1. The fourth-order valence-corrected chi connectivity index (χ4v) is 11.7. The fourth-order valence-electron chi connectivity index (χ4n) is 11.7. The van der Waals surface area contributed by atoms with E-state index < -0.39 is 17.4 Å². The summed E-state index contributed by atoms with van der Waals surface area (Å²) >= 11 is 0. The summed E-state index contributed by atoms with van der Waals surface area (Å²) < 4.78 is 59.3. The zero-order valence-electron chi connectivity index (χ0n) is 44.6. The van der Waals surface area contributed by atoms with Crippen LogP contribution in [0.2, 0.25) is 0 Å². The summed E-state index contributed by atoms with van der Waals surface area (Å²) in [6, 6.07) is 15.9. The number of unbranched alkanes of at least 4 members (excludes halogenated alkanes) is 2.